The average molecular weight is 395 g/mol. The number of rotatable bonds is 6. The molecule has 2 rings (SSSR count). The molecule has 2 aromatic carbocycles. The summed E-state index contributed by atoms with van der Waals surface area (Å²) in [5.41, 5.74) is 3.24. The number of nitrogens with one attached hydrogen (secondary N) is 1. The maximum atomic E-state index is 12.6. The lowest BCUT2D eigenvalue weighted by molar-refractivity contribution is -0.122. The van der Waals surface area contributed by atoms with E-state index >= 15 is 0 Å². The van der Waals surface area contributed by atoms with Crippen LogP contribution >= 0.6 is 11.6 Å². The van der Waals surface area contributed by atoms with Crippen LogP contribution < -0.4 is 9.62 Å². The summed E-state index contributed by atoms with van der Waals surface area (Å²) < 4.78 is 25.7. The van der Waals surface area contributed by atoms with Crippen LogP contribution in [-0.2, 0) is 21.4 Å². The Morgan fingerprint density at radius 2 is 1.81 bits per heavy atom. The zero-order valence-corrected chi connectivity index (χ0v) is 16.9. The van der Waals surface area contributed by atoms with E-state index in [2.05, 4.69) is 5.32 Å². The lowest BCUT2D eigenvalue weighted by Crippen LogP contribution is -2.47. The number of carbonyl (C=O) groups is 1. The summed E-state index contributed by atoms with van der Waals surface area (Å²) in [4.78, 5) is 12.6. The molecule has 0 bridgehead atoms. The molecule has 0 heterocycles. The monoisotopic (exact) mass is 394 g/mol. The molecular formula is C19H23ClN2O3S. The maximum Gasteiger partial charge on any atom is 0.243 e. The standard InChI is InChI=1S/C19H23ClN2O3S/c1-13-7-5-6-8-16(13)12-21-19(23)15(3)22(26(4,24)25)17-10-9-14(2)18(20)11-17/h5-11,15H,12H2,1-4H3,(H,21,23)/t15-/m1/s1. The fourth-order valence-corrected chi connectivity index (χ4v) is 4.01. The van der Waals surface area contributed by atoms with Gasteiger partial charge in [-0.2, -0.15) is 0 Å². The van der Waals surface area contributed by atoms with Crippen LogP contribution in [0.4, 0.5) is 5.69 Å². The van der Waals surface area contributed by atoms with Gasteiger partial charge in [-0.3, -0.25) is 9.10 Å². The van der Waals surface area contributed by atoms with E-state index in [1.807, 2.05) is 38.1 Å². The van der Waals surface area contributed by atoms with Crippen LogP contribution in [0.15, 0.2) is 42.5 Å². The second kappa shape index (κ2) is 8.10. The Hall–Kier alpha value is -2.05. The Labute approximate surface area is 160 Å². The second-order valence-corrected chi connectivity index (χ2v) is 8.58. The third kappa shape index (κ3) is 4.77. The highest BCUT2D eigenvalue weighted by atomic mass is 35.5. The van der Waals surface area contributed by atoms with Gasteiger partial charge in [0.15, 0.2) is 0 Å². The van der Waals surface area contributed by atoms with E-state index in [-0.39, 0.29) is 5.91 Å². The normalized spacial score (nSPS) is 12.5. The molecule has 5 nitrogen and oxygen atoms in total. The molecule has 0 aliphatic heterocycles. The number of hydrogen-bond acceptors (Lipinski definition) is 3. The van der Waals surface area contributed by atoms with E-state index < -0.39 is 16.1 Å². The lowest BCUT2D eigenvalue weighted by Gasteiger charge is -2.28. The maximum absolute atomic E-state index is 12.6. The largest absolute Gasteiger partial charge is 0.350 e. The molecule has 0 unspecified atom stereocenters. The van der Waals surface area contributed by atoms with Crippen molar-refractivity contribution in [2.24, 2.45) is 0 Å². The van der Waals surface area contributed by atoms with Crippen molar-refractivity contribution in [1.29, 1.82) is 0 Å². The minimum atomic E-state index is -3.67. The molecule has 1 atom stereocenters. The third-order valence-electron chi connectivity index (χ3n) is 4.21. The molecule has 140 valence electrons. The number of benzene rings is 2. The molecule has 0 saturated carbocycles. The van der Waals surface area contributed by atoms with Gasteiger partial charge in [0.05, 0.1) is 11.9 Å². The SMILES string of the molecule is Cc1ccc(N([C@H](C)C(=O)NCc2ccccc2C)S(C)(=O)=O)cc1Cl. The molecule has 0 aliphatic carbocycles. The summed E-state index contributed by atoms with van der Waals surface area (Å²) in [5.74, 6) is -0.379. The van der Waals surface area contributed by atoms with Gasteiger partial charge in [0.2, 0.25) is 15.9 Å². The fraction of sp³-hybridized carbons (Fsp3) is 0.316. The Morgan fingerprint density at radius 1 is 1.15 bits per heavy atom. The highest BCUT2D eigenvalue weighted by Gasteiger charge is 2.29. The molecule has 0 radical (unpaired) electrons. The molecule has 2 aromatic rings. The van der Waals surface area contributed by atoms with Crippen molar-refractivity contribution in [1.82, 2.24) is 5.32 Å². The Morgan fingerprint density at radius 3 is 2.38 bits per heavy atom. The van der Waals surface area contributed by atoms with Gasteiger partial charge in [0, 0.05) is 11.6 Å². The van der Waals surface area contributed by atoms with Crippen molar-refractivity contribution >= 4 is 33.2 Å². The van der Waals surface area contributed by atoms with Crippen LogP contribution in [0, 0.1) is 13.8 Å². The summed E-state index contributed by atoms with van der Waals surface area (Å²) in [6, 6.07) is 11.7. The van der Waals surface area contributed by atoms with Crippen molar-refractivity contribution in [3.8, 4) is 0 Å². The first kappa shape index (κ1) is 20.3. The number of halogens is 1. The first-order valence-electron chi connectivity index (χ1n) is 8.19. The molecule has 0 saturated heterocycles. The van der Waals surface area contributed by atoms with Crippen LogP contribution in [0.1, 0.15) is 23.6 Å². The Bertz CT molecular complexity index is 913. The van der Waals surface area contributed by atoms with Crippen molar-refractivity contribution in [3.63, 3.8) is 0 Å². The molecule has 0 aromatic heterocycles. The van der Waals surface area contributed by atoms with Gasteiger partial charge in [0.1, 0.15) is 6.04 Å². The summed E-state index contributed by atoms with van der Waals surface area (Å²) in [7, 11) is -3.67. The van der Waals surface area contributed by atoms with Gasteiger partial charge < -0.3 is 5.32 Å². The molecule has 1 N–H and O–H groups in total. The highest BCUT2D eigenvalue weighted by Crippen LogP contribution is 2.26. The summed E-state index contributed by atoms with van der Waals surface area (Å²) in [6.07, 6.45) is 1.08. The van der Waals surface area contributed by atoms with E-state index in [1.54, 1.807) is 25.1 Å². The zero-order valence-electron chi connectivity index (χ0n) is 15.3. The van der Waals surface area contributed by atoms with Crippen molar-refractivity contribution in [3.05, 3.63) is 64.2 Å². The summed E-state index contributed by atoms with van der Waals surface area (Å²) >= 11 is 6.13. The number of carbonyl (C=O) groups excluding carboxylic acids is 1. The Kier molecular flexibility index (Phi) is 6.31. The van der Waals surface area contributed by atoms with Gasteiger partial charge in [-0.15, -0.1) is 0 Å². The molecule has 26 heavy (non-hydrogen) atoms. The molecule has 7 heteroatoms. The predicted octanol–water partition coefficient (Wildman–Crippen LogP) is 3.43. The third-order valence-corrected chi connectivity index (χ3v) is 5.86. The number of hydrogen-bond donors (Lipinski definition) is 1. The van der Waals surface area contributed by atoms with E-state index in [4.69, 9.17) is 11.6 Å². The second-order valence-electron chi connectivity index (χ2n) is 6.31. The molecule has 0 aliphatic rings. The van der Waals surface area contributed by atoms with Gasteiger partial charge in [-0.25, -0.2) is 8.42 Å². The zero-order chi connectivity index (χ0) is 19.5. The van der Waals surface area contributed by atoms with Crippen LogP contribution in [0.5, 0.6) is 0 Å². The van der Waals surface area contributed by atoms with Crippen molar-refractivity contribution in [2.45, 2.75) is 33.4 Å². The van der Waals surface area contributed by atoms with Crippen LogP contribution in [0.2, 0.25) is 5.02 Å². The van der Waals surface area contributed by atoms with Gasteiger partial charge in [0.25, 0.3) is 0 Å². The summed E-state index contributed by atoms with van der Waals surface area (Å²) in [6.45, 7) is 5.68. The van der Waals surface area contributed by atoms with Gasteiger partial charge in [-0.1, -0.05) is 41.9 Å². The minimum Gasteiger partial charge on any atom is -0.350 e. The topological polar surface area (TPSA) is 66.5 Å². The Balaban J connectivity index is 2.23. The lowest BCUT2D eigenvalue weighted by atomic mass is 10.1. The highest BCUT2D eigenvalue weighted by molar-refractivity contribution is 7.92. The number of sulfonamides is 1. The number of nitrogens with zero attached hydrogens (tertiary/aromatic N) is 1. The van der Waals surface area contributed by atoms with Crippen LogP contribution in [0.3, 0.4) is 0 Å². The predicted molar refractivity (Wildman–Crippen MR) is 106 cm³/mol. The first-order valence-corrected chi connectivity index (χ1v) is 10.4. The van der Waals surface area contributed by atoms with Gasteiger partial charge in [-0.05, 0) is 49.6 Å². The van der Waals surface area contributed by atoms with Crippen molar-refractivity contribution in [2.75, 3.05) is 10.6 Å². The van der Waals surface area contributed by atoms with E-state index in [1.165, 1.54) is 0 Å². The van der Waals surface area contributed by atoms with E-state index in [0.717, 1.165) is 27.3 Å². The van der Waals surface area contributed by atoms with E-state index in [0.29, 0.717) is 17.3 Å². The minimum absolute atomic E-state index is 0.335. The first-order chi connectivity index (χ1) is 12.1. The number of aryl methyl sites for hydroxylation is 2. The summed E-state index contributed by atoms with van der Waals surface area (Å²) in [5, 5.41) is 3.26. The quantitative estimate of drug-likeness (QED) is 0.816. The van der Waals surface area contributed by atoms with Crippen molar-refractivity contribution < 1.29 is 13.2 Å². The molecule has 0 fully saturated rings. The van der Waals surface area contributed by atoms with E-state index in [9.17, 15) is 13.2 Å². The fourth-order valence-electron chi connectivity index (χ4n) is 2.67. The smallest absolute Gasteiger partial charge is 0.243 e. The molecule has 1 amide bonds. The van der Waals surface area contributed by atoms with Crippen LogP contribution in [0.25, 0.3) is 0 Å². The number of amides is 1. The molecular weight excluding hydrogens is 372 g/mol. The number of anilines is 1. The van der Waals surface area contributed by atoms with Crippen LogP contribution in [-0.4, -0.2) is 26.6 Å². The average Bonchev–Trinajstić information content (AvgIpc) is 2.56. The molecule has 0 spiro atoms. The van der Waals surface area contributed by atoms with Gasteiger partial charge >= 0.3 is 0 Å².